The van der Waals surface area contributed by atoms with Gasteiger partial charge >= 0.3 is 59.1 Å². The monoisotopic (exact) mass is 678 g/mol. The molecule has 0 atom stereocenters. The summed E-state index contributed by atoms with van der Waals surface area (Å²) < 4.78 is 131. The van der Waals surface area contributed by atoms with Gasteiger partial charge in [0.05, 0.1) is 20.8 Å². The number of nitrogens with one attached hydrogen (secondary N) is 2. The number of hydrogen-bond acceptors (Lipinski definition) is 10. The summed E-state index contributed by atoms with van der Waals surface area (Å²) in [5.74, 6) is 0.0741. The Labute approximate surface area is 284 Å². The van der Waals surface area contributed by atoms with Crippen LogP contribution in [0.15, 0.2) is 68.1 Å². The van der Waals surface area contributed by atoms with Crippen molar-refractivity contribution in [2.45, 2.75) is 19.6 Å². The summed E-state index contributed by atoms with van der Waals surface area (Å²) in [4.78, 5) is 10.3. The maximum Gasteiger partial charge on any atom is 1.00 e. The number of H-pyrrole nitrogens is 2. The van der Waals surface area contributed by atoms with Crippen LogP contribution in [0.2, 0.25) is 0 Å². The topological polar surface area (TPSA) is 275 Å². The van der Waals surface area contributed by atoms with E-state index in [1.54, 1.807) is 0 Å². The normalized spacial score (nSPS) is 12.7. The van der Waals surface area contributed by atoms with E-state index >= 15 is 0 Å². The Morgan fingerprint density at radius 2 is 0.833 bits per heavy atom. The van der Waals surface area contributed by atoms with E-state index in [9.17, 15) is 51.9 Å². The van der Waals surface area contributed by atoms with Crippen LogP contribution in [-0.4, -0.2) is 71.8 Å². The average molecular weight is 679 g/mol. The first kappa shape index (κ1) is 34.7. The fraction of sp³-hybridized carbons (Fsp3) is 0. The minimum atomic E-state index is -4.95. The Bertz CT molecular complexity index is 2160. The molecular weight excluding hydrogens is 662 g/mol. The van der Waals surface area contributed by atoms with Crippen LogP contribution in [0.4, 0.5) is 0 Å². The van der Waals surface area contributed by atoms with Crippen LogP contribution in [0.25, 0.3) is 44.8 Å². The van der Waals surface area contributed by atoms with E-state index in [-0.39, 0.29) is 95.7 Å². The maximum atomic E-state index is 11.8. The Hall–Kier alpha value is -1.76. The maximum absolute atomic E-state index is 11.8. The predicted molar refractivity (Wildman–Crippen MR) is 138 cm³/mol. The third kappa shape index (κ3) is 6.81. The fourth-order valence-corrected chi connectivity index (χ4v) is 6.44. The van der Waals surface area contributed by atoms with E-state index in [0.29, 0.717) is 23.3 Å². The summed E-state index contributed by atoms with van der Waals surface area (Å²) in [6, 6.07) is 8.80. The summed E-state index contributed by atoms with van der Waals surface area (Å²) in [5.41, 5.74) is -0.216. The molecule has 0 aliphatic carbocycles. The molecule has 5 aromatic rings. The van der Waals surface area contributed by atoms with Crippen molar-refractivity contribution in [1.82, 2.24) is 19.9 Å². The second-order valence-electron chi connectivity index (χ2n) is 8.28. The SMILES string of the molecule is O=S(=O)(O)c1cc(S(=O)(=O)O)c2nc(-c3ccc(-c4nc5c(S(=O)(=O)O)cc(S(=O)(=O)O)cc5[nH]4)cc3)[nH]c2c1.[H-].[H-].[Na+].[Na+]. The summed E-state index contributed by atoms with van der Waals surface area (Å²) >= 11 is 0. The minimum absolute atomic E-state index is 0. The van der Waals surface area contributed by atoms with Crippen LogP contribution >= 0.6 is 0 Å². The number of aromatic nitrogens is 4. The van der Waals surface area contributed by atoms with Crippen molar-refractivity contribution in [3.8, 4) is 22.8 Å². The molecule has 0 saturated heterocycles. The van der Waals surface area contributed by atoms with Gasteiger partial charge in [0.25, 0.3) is 40.5 Å². The van der Waals surface area contributed by atoms with Gasteiger partial charge in [-0.1, -0.05) is 24.3 Å². The average Bonchev–Trinajstić information content (AvgIpc) is 3.44. The van der Waals surface area contributed by atoms with Gasteiger partial charge in [0.1, 0.15) is 32.5 Å². The Kier molecular flexibility index (Phi) is 9.62. The van der Waals surface area contributed by atoms with E-state index in [0.717, 1.165) is 12.1 Å². The van der Waals surface area contributed by atoms with E-state index in [1.807, 2.05) is 0 Å². The molecule has 0 aliphatic heterocycles. The number of rotatable bonds is 6. The number of imidazole rings is 2. The van der Waals surface area contributed by atoms with Crippen LogP contribution in [-0.2, 0) is 40.5 Å². The molecule has 16 nitrogen and oxygen atoms in total. The van der Waals surface area contributed by atoms with E-state index in [2.05, 4.69) is 19.9 Å². The smallest absolute Gasteiger partial charge is 1.00 e. The molecule has 42 heavy (non-hydrogen) atoms. The molecule has 2 heterocycles. The molecule has 6 N–H and O–H groups in total. The molecule has 22 heteroatoms. The molecule has 0 amide bonds. The van der Waals surface area contributed by atoms with Crippen LogP contribution in [0, 0.1) is 0 Å². The zero-order valence-electron chi connectivity index (χ0n) is 23.2. The van der Waals surface area contributed by atoms with Crippen molar-refractivity contribution < 1.29 is 114 Å². The van der Waals surface area contributed by atoms with Gasteiger partial charge in [-0.15, -0.1) is 0 Å². The van der Waals surface area contributed by atoms with Crippen LogP contribution < -0.4 is 59.1 Å². The molecule has 0 aliphatic rings. The van der Waals surface area contributed by atoms with Crippen molar-refractivity contribution in [2.24, 2.45) is 0 Å². The molecular formula is C20H16N4Na2O12S4. The van der Waals surface area contributed by atoms with Gasteiger partial charge in [0.2, 0.25) is 0 Å². The molecule has 3 aromatic carbocycles. The minimum Gasteiger partial charge on any atom is -1.00 e. The number of nitrogens with zero attached hydrogens (tertiary/aromatic N) is 2. The second-order valence-corrected chi connectivity index (χ2v) is 13.9. The Morgan fingerprint density at radius 3 is 1.10 bits per heavy atom. The molecule has 0 radical (unpaired) electrons. The molecule has 0 saturated carbocycles. The van der Waals surface area contributed by atoms with Gasteiger partial charge in [0, 0.05) is 11.1 Å². The van der Waals surface area contributed by atoms with Crippen LogP contribution in [0.1, 0.15) is 2.85 Å². The first-order valence-electron chi connectivity index (χ1n) is 10.4. The molecule has 0 bridgehead atoms. The first-order valence-corrected chi connectivity index (χ1v) is 16.2. The quantitative estimate of drug-likeness (QED) is 0.0738. The summed E-state index contributed by atoms with van der Waals surface area (Å²) in [6.07, 6.45) is 0. The summed E-state index contributed by atoms with van der Waals surface area (Å²) in [5, 5.41) is 0. The third-order valence-electron chi connectivity index (χ3n) is 5.63. The van der Waals surface area contributed by atoms with Crippen LogP contribution in [0.3, 0.4) is 0 Å². The zero-order valence-corrected chi connectivity index (χ0v) is 28.5. The standard InChI is InChI=1S/C20H14N4O12S4.2Na.2H/c25-37(26,27)11-5-13-17(15(7-11)39(31,32)33)23-19(21-13)9-1-2-10(4-3-9)20-22-14-6-12(38(28,29)30)8-16(18(14)24-20)40(34,35)36;;;;/h1-8H,(H,21,23)(H,22,24)(H,25,26,27)(H,28,29,30)(H,31,32,33)(H,34,35,36);;;;/q;2*+1;2*-1. The van der Waals surface area contributed by atoms with Crippen molar-refractivity contribution >= 4 is 62.5 Å². The van der Waals surface area contributed by atoms with Crippen molar-refractivity contribution in [3.05, 3.63) is 48.5 Å². The van der Waals surface area contributed by atoms with E-state index in [4.69, 9.17) is 0 Å². The van der Waals surface area contributed by atoms with Gasteiger partial charge in [-0.05, 0) is 24.3 Å². The number of benzene rings is 3. The van der Waals surface area contributed by atoms with E-state index in [1.165, 1.54) is 24.3 Å². The van der Waals surface area contributed by atoms with Crippen molar-refractivity contribution in [1.29, 1.82) is 0 Å². The Balaban J connectivity index is 0.00000242. The van der Waals surface area contributed by atoms with E-state index < -0.39 is 60.1 Å². The summed E-state index contributed by atoms with van der Waals surface area (Å²) in [7, 11) is -19.6. The predicted octanol–water partition coefficient (Wildman–Crippen LogP) is -4.01. The molecule has 2 aromatic heterocycles. The molecule has 0 fully saturated rings. The molecule has 214 valence electrons. The van der Waals surface area contributed by atoms with Gasteiger partial charge in [-0.2, -0.15) is 33.7 Å². The number of aromatic amines is 2. The van der Waals surface area contributed by atoms with Gasteiger partial charge < -0.3 is 12.8 Å². The van der Waals surface area contributed by atoms with Gasteiger partial charge in [-0.25, -0.2) is 9.97 Å². The molecule has 5 rings (SSSR count). The number of hydrogen-bond donors (Lipinski definition) is 6. The van der Waals surface area contributed by atoms with Crippen molar-refractivity contribution in [3.63, 3.8) is 0 Å². The summed E-state index contributed by atoms with van der Waals surface area (Å²) in [6.45, 7) is 0. The fourth-order valence-electron chi connectivity index (χ4n) is 3.87. The number of fused-ring (bicyclic) bond motifs is 2. The molecule has 0 spiro atoms. The molecule has 0 unspecified atom stereocenters. The second kappa shape index (κ2) is 11.6. The van der Waals surface area contributed by atoms with Crippen molar-refractivity contribution in [2.75, 3.05) is 0 Å². The third-order valence-corrected chi connectivity index (χ3v) is 9.03. The van der Waals surface area contributed by atoms with Gasteiger partial charge in [0.15, 0.2) is 0 Å². The van der Waals surface area contributed by atoms with Crippen LogP contribution in [0.5, 0.6) is 0 Å². The Morgan fingerprint density at radius 1 is 0.524 bits per heavy atom. The van der Waals surface area contributed by atoms with Gasteiger partial charge in [-0.3, -0.25) is 18.2 Å². The zero-order chi connectivity index (χ0) is 29.4. The largest absolute Gasteiger partial charge is 1.00 e. The first-order chi connectivity index (χ1) is 18.3.